The van der Waals surface area contributed by atoms with E-state index in [2.05, 4.69) is 15.7 Å². The highest BCUT2D eigenvalue weighted by atomic mass is 19.4. The normalized spacial score (nSPS) is 17.4. The number of hydrogen-bond donors (Lipinski definition) is 2. The Kier molecular flexibility index (Phi) is 6.43. The van der Waals surface area contributed by atoms with Crippen LogP contribution < -0.4 is 10.6 Å². The Balaban J connectivity index is 1.35. The lowest BCUT2D eigenvalue weighted by molar-refractivity contribution is -0.173. The number of alkyl halides is 3. The highest BCUT2D eigenvalue weighted by Crippen LogP contribution is 2.44. The number of aryl methyl sites for hydroxylation is 1. The first-order valence-electron chi connectivity index (χ1n) is 12.0. The second-order valence-electron chi connectivity index (χ2n) is 9.14. The molecule has 0 fully saturated rings. The summed E-state index contributed by atoms with van der Waals surface area (Å²) in [5.41, 5.74) is 3.31. The Hall–Kier alpha value is -3.81. The van der Waals surface area contributed by atoms with Gasteiger partial charge in [-0.2, -0.15) is 18.3 Å². The molecule has 0 unspecified atom stereocenters. The van der Waals surface area contributed by atoms with E-state index in [0.29, 0.717) is 12.1 Å². The average molecular weight is 493 g/mol. The lowest BCUT2D eigenvalue weighted by Gasteiger charge is -2.34. The van der Waals surface area contributed by atoms with Gasteiger partial charge in [-0.25, -0.2) is 4.68 Å². The van der Waals surface area contributed by atoms with Crippen LogP contribution in [0.15, 0.2) is 72.9 Å². The van der Waals surface area contributed by atoms with Crippen LogP contribution in [0, 0.1) is 0 Å². The van der Waals surface area contributed by atoms with Gasteiger partial charge in [0.2, 0.25) is 5.91 Å². The first kappa shape index (κ1) is 23.9. The zero-order valence-corrected chi connectivity index (χ0v) is 19.8. The molecule has 3 aromatic carbocycles. The van der Waals surface area contributed by atoms with Gasteiger partial charge >= 0.3 is 6.18 Å². The molecule has 36 heavy (non-hydrogen) atoms. The molecular formula is C28H27F3N4O. The SMILES string of the molecule is CCc1ccc([C@H]2C[C@@H](C(F)(F)F)n3ncc(CC(=O)NCc4cccc5ccccc45)c3N2)cc1. The first-order chi connectivity index (χ1) is 17.3. The van der Waals surface area contributed by atoms with Crippen LogP contribution in [0.4, 0.5) is 19.0 Å². The molecule has 0 spiro atoms. The highest BCUT2D eigenvalue weighted by molar-refractivity contribution is 5.86. The molecule has 0 aliphatic carbocycles. The lowest BCUT2D eigenvalue weighted by Crippen LogP contribution is -2.36. The predicted octanol–water partition coefficient (Wildman–Crippen LogP) is 6.12. The van der Waals surface area contributed by atoms with Gasteiger partial charge in [-0.3, -0.25) is 4.79 Å². The Labute approximate surface area is 207 Å². The third kappa shape index (κ3) is 4.80. The summed E-state index contributed by atoms with van der Waals surface area (Å²) in [5, 5.41) is 12.3. The van der Waals surface area contributed by atoms with Crippen LogP contribution >= 0.6 is 0 Å². The summed E-state index contributed by atoms with van der Waals surface area (Å²) >= 11 is 0. The summed E-state index contributed by atoms with van der Waals surface area (Å²) in [4.78, 5) is 12.8. The van der Waals surface area contributed by atoms with Crippen LogP contribution in [0.3, 0.4) is 0 Å². The van der Waals surface area contributed by atoms with Gasteiger partial charge in [-0.1, -0.05) is 73.7 Å². The van der Waals surface area contributed by atoms with Crippen LogP contribution in [0.5, 0.6) is 0 Å². The number of carbonyl (C=O) groups is 1. The second-order valence-corrected chi connectivity index (χ2v) is 9.14. The molecule has 1 aromatic heterocycles. The van der Waals surface area contributed by atoms with E-state index in [0.717, 1.165) is 38.6 Å². The Morgan fingerprint density at radius 3 is 2.56 bits per heavy atom. The number of aromatic nitrogens is 2. The molecule has 4 aromatic rings. The lowest BCUT2D eigenvalue weighted by atomic mass is 9.95. The summed E-state index contributed by atoms with van der Waals surface area (Å²) in [7, 11) is 0. The minimum absolute atomic E-state index is 0.0703. The third-order valence-corrected chi connectivity index (χ3v) is 6.81. The van der Waals surface area contributed by atoms with Crippen molar-refractivity contribution in [2.75, 3.05) is 5.32 Å². The van der Waals surface area contributed by atoms with Gasteiger partial charge in [0.05, 0.1) is 18.7 Å². The summed E-state index contributed by atoms with van der Waals surface area (Å²) < 4.78 is 42.9. The van der Waals surface area contributed by atoms with Crippen molar-refractivity contribution in [2.45, 2.75) is 51.0 Å². The van der Waals surface area contributed by atoms with Crippen molar-refractivity contribution in [1.82, 2.24) is 15.1 Å². The number of halogens is 3. The topological polar surface area (TPSA) is 59.0 Å². The number of nitrogens with one attached hydrogen (secondary N) is 2. The van der Waals surface area contributed by atoms with Gasteiger partial charge < -0.3 is 10.6 Å². The zero-order valence-electron chi connectivity index (χ0n) is 19.8. The smallest absolute Gasteiger partial charge is 0.363 e. The van der Waals surface area contributed by atoms with Crippen LogP contribution in [-0.2, 0) is 24.2 Å². The number of hydrogen-bond acceptors (Lipinski definition) is 3. The van der Waals surface area contributed by atoms with Crippen molar-refractivity contribution in [3.8, 4) is 0 Å². The fourth-order valence-corrected chi connectivity index (χ4v) is 4.82. The molecule has 1 aliphatic rings. The highest BCUT2D eigenvalue weighted by Gasteiger charge is 2.46. The molecule has 2 heterocycles. The van der Waals surface area contributed by atoms with Crippen LogP contribution in [-0.4, -0.2) is 21.9 Å². The quantitative estimate of drug-likeness (QED) is 0.341. The van der Waals surface area contributed by atoms with E-state index in [4.69, 9.17) is 0 Å². The van der Waals surface area contributed by atoms with Crippen molar-refractivity contribution in [3.05, 3.63) is 95.2 Å². The Morgan fingerprint density at radius 2 is 1.81 bits per heavy atom. The number of carbonyl (C=O) groups excluding carboxylic acids is 1. The molecule has 0 saturated heterocycles. The number of amides is 1. The van der Waals surface area contributed by atoms with E-state index >= 15 is 0 Å². The molecule has 0 saturated carbocycles. The fraction of sp³-hybridized carbons (Fsp3) is 0.286. The second kappa shape index (κ2) is 9.68. The van der Waals surface area contributed by atoms with Crippen LogP contribution in [0.25, 0.3) is 10.8 Å². The molecule has 5 rings (SSSR count). The molecule has 5 nitrogen and oxygen atoms in total. The molecule has 0 bridgehead atoms. The molecule has 2 atom stereocenters. The van der Waals surface area contributed by atoms with E-state index in [1.807, 2.05) is 73.7 Å². The van der Waals surface area contributed by atoms with Crippen molar-refractivity contribution in [1.29, 1.82) is 0 Å². The third-order valence-electron chi connectivity index (χ3n) is 6.81. The van der Waals surface area contributed by atoms with Crippen molar-refractivity contribution >= 4 is 22.5 Å². The Morgan fingerprint density at radius 1 is 1.06 bits per heavy atom. The maximum Gasteiger partial charge on any atom is 0.410 e. The predicted molar refractivity (Wildman–Crippen MR) is 134 cm³/mol. The summed E-state index contributed by atoms with van der Waals surface area (Å²) in [5.74, 6) is -0.0352. The fourth-order valence-electron chi connectivity index (χ4n) is 4.82. The number of nitrogens with zero attached hydrogens (tertiary/aromatic N) is 2. The molecule has 1 amide bonds. The largest absolute Gasteiger partial charge is 0.410 e. The minimum atomic E-state index is -4.46. The first-order valence-corrected chi connectivity index (χ1v) is 12.0. The summed E-state index contributed by atoms with van der Waals surface area (Å²) in [6.45, 7) is 2.36. The molecule has 0 radical (unpaired) electrons. The molecule has 1 aliphatic heterocycles. The Bertz CT molecular complexity index is 1370. The standard InChI is InChI=1S/C28H27F3N4O/c1-2-18-10-12-20(13-11-18)24-15-25(28(29,30)31)35-27(34-24)22(17-33-35)14-26(36)32-16-21-8-5-7-19-6-3-4-9-23(19)21/h3-13,17,24-25,34H,2,14-16H2,1H3,(H,32,36)/t24-,25+/m1/s1. The van der Waals surface area contributed by atoms with Crippen LogP contribution in [0.2, 0.25) is 0 Å². The number of anilines is 1. The minimum Gasteiger partial charge on any atom is -0.363 e. The summed E-state index contributed by atoms with van der Waals surface area (Å²) in [6, 6.07) is 19.1. The summed E-state index contributed by atoms with van der Waals surface area (Å²) in [6.07, 6.45) is -2.48. The van der Waals surface area contributed by atoms with Crippen LogP contribution in [0.1, 0.15) is 47.7 Å². The zero-order chi connectivity index (χ0) is 25.3. The van der Waals surface area contributed by atoms with E-state index in [1.165, 1.54) is 6.20 Å². The maximum absolute atomic E-state index is 14.0. The van der Waals surface area contributed by atoms with Gasteiger partial charge in [-0.05, 0) is 33.9 Å². The molecular weight excluding hydrogens is 465 g/mol. The average Bonchev–Trinajstić information content (AvgIpc) is 3.28. The van der Waals surface area contributed by atoms with E-state index in [1.54, 1.807) is 0 Å². The van der Waals surface area contributed by atoms with Crippen molar-refractivity contribution < 1.29 is 18.0 Å². The molecule has 8 heteroatoms. The number of rotatable bonds is 6. The van der Waals surface area contributed by atoms with Crippen molar-refractivity contribution in [3.63, 3.8) is 0 Å². The van der Waals surface area contributed by atoms with E-state index < -0.39 is 18.3 Å². The number of fused-ring (bicyclic) bond motifs is 2. The van der Waals surface area contributed by atoms with Crippen molar-refractivity contribution in [2.24, 2.45) is 0 Å². The number of benzene rings is 3. The monoisotopic (exact) mass is 492 g/mol. The molecule has 2 N–H and O–H groups in total. The van der Waals surface area contributed by atoms with Gasteiger partial charge in [0.25, 0.3) is 0 Å². The van der Waals surface area contributed by atoms with E-state index in [9.17, 15) is 18.0 Å². The maximum atomic E-state index is 14.0. The van der Waals surface area contributed by atoms with Gasteiger partial charge in [0.1, 0.15) is 5.82 Å². The molecule has 186 valence electrons. The van der Waals surface area contributed by atoms with Gasteiger partial charge in [-0.15, -0.1) is 0 Å². The van der Waals surface area contributed by atoms with Gasteiger partial charge in [0.15, 0.2) is 6.04 Å². The van der Waals surface area contributed by atoms with Gasteiger partial charge in [0, 0.05) is 18.5 Å². The van der Waals surface area contributed by atoms with E-state index in [-0.39, 0.29) is 24.6 Å².